The van der Waals surface area contributed by atoms with Gasteiger partial charge in [-0.2, -0.15) is 0 Å². The molecule has 96 valence electrons. The van der Waals surface area contributed by atoms with Crippen molar-refractivity contribution in [1.82, 2.24) is 4.98 Å². The molecule has 1 heterocycles. The molecule has 2 aromatic carbocycles. The monoisotopic (exact) mass is 255 g/mol. The summed E-state index contributed by atoms with van der Waals surface area (Å²) in [6.07, 6.45) is 0. The Balaban J connectivity index is 2.08. The number of nitrogens with one attached hydrogen (secondary N) is 1. The Morgan fingerprint density at radius 3 is 2.79 bits per heavy atom. The van der Waals surface area contributed by atoms with Gasteiger partial charge in [0.2, 0.25) is 0 Å². The summed E-state index contributed by atoms with van der Waals surface area (Å²) in [4.78, 5) is 15.7. The number of nitrogens with zero attached hydrogens (tertiary/aromatic N) is 1. The standard InChI is InChI=1S/C14H13N3O2/c1-17(12-5-3-2-4-10(12)15)9-6-7-13-11(8-9)16-14(18)19-13/h2-8H,15H2,1H3,(H,16,18). The van der Waals surface area contributed by atoms with Gasteiger partial charge in [-0.1, -0.05) is 12.1 Å². The molecule has 19 heavy (non-hydrogen) atoms. The van der Waals surface area contributed by atoms with Gasteiger partial charge in [0.05, 0.1) is 16.9 Å². The quantitative estimate of drug-likeness (QED) is 0.690. The predicted octanol–water partition coefficient (Wildman–Crippen LogP) is 2.47. The number of aromatic amines is 1. The average Bonchev–Trinajstić information content (AvgIpc) is 2.77. The topological polar surface area (TPSA) is 75.3 Å². The van der Waals surface area contributed by atoms with Crippen LogP contribution in [0.5, 0.6) is 0 Å². The second kappa shape index (κ2) is 4.20. The van der Waals surface area contributed by atoms with Gasteiger partial charge in [0, 0.05) is 12.7 Å². The highest BCUT2D eigenvalue weighted by molar-refractivity contribution is 5.81. The third-order valence-electron chi connectivity index (χ3n) is 3.09. The fraction of sp³-hybridized carbons (Fsp3) is 0.0714. The van der Waals surface area contributed by atoms with Crippen LogP contribution < -0.4 is 16.4 Å². The molecule has 0 fully saturated rings. The van der Waals surface area contributed by atoms with Crippen LogP contribution in [0.25, 0.3) is 11.1 Å². The van der Waals surface area contributed by atoms with E-state index in [0.29, 0.717) is 16.8 Å². The Hall–Kier alpha value is -2.69. The van der Waals surface area contributed by atoms with Gasteiger partial charge in [0.25, 0.3) is 0 Å². The number of H-pyrrole nitrogens is 1. The van der Waals surface area contributed by atoms with Crippen LogP contribution in [0.2, 0.25) is 0 Å². The summed E-state index contributed by atoms with van der Waals surface area (Å²) >= 11 is 0. The molecule has 0 aliphatic heterocycles. The lowest BCUT2D eigenvalue weighted by molar-refractivity contribution is 0.555. The van der Waals surface area contributed by atoms with E-state index in [0.717, 1.165) is 11.4 Å². The maximum absolute atomic E-state index is 11.1. The largest absolute Gasteiger partial charge is 0.417 e. The molecule has 0 amide bonds. The highest BCUT2D eigenvalue weighted by Gasteiger charge is 2.09. The van der Waals surface area contributed by atoms with Gasteiger partial charge in [0.1, 0.15) is 0 Å². The Morgan fingerprint density at radius 1 is 1.21 bits per heavy atom. The van der Waals surface area contributed by atoms with E-state index in [4.69, 9.17) is 10.2 Å². The number of hydrogen-bond donors (Lipinski definition) is 2. The van der Waals surface area contributed by atoms with Crippen LogP contribution in [0, 0.1) is 0 Å². The van der Waals surface area contributed by atoms with Gasteiger partial charge < -0.3 is 15.1 Å². The van der Waals surface area contributed by atoms with Crippen molar-refractivity contribution < 1.29 is 4.42 Å². The van der Waals surface area contributed by atoms with E-state index < -0.39 is 5.76 Å². The first kappa shape index (κ1) is 11.4. The molecule has 5 heteroatoms. The minimum Gasteiger partial charge on any atom is -0.408 e. The summed E-state index contributed by atoms with van der Waals surface area (Å²) in [7, 11) is 1.92. The van der Waals surface area contributed by atoms with E-state index in [1.54, 1.807) is 6.07 Å². The lowest BCUT2D eigenvalue weighted by Gasteiger charge is -2.21. The zero-order chi connectivity index (χ0) is 13.4. The number of nitrogen functional groups attached to an aromatic ring is 1. The lowest BCUT2D eigenvalue weighted by atomic mass is 10.2. The summed E-state index contributed by atoms with van der Waals surface area (Å²) < 4.78 is 4.98. The number of fused-ring (bicyclic) bond motifs is 1. The number of oxazole rings is 1. The van der Waals surface area contributed by atoms with Crippen molar-refractivity contribution in [1.29, 1.82) is 0 Å². The number of nitrogens with two attached hydrogens (primary N) is 1. The first-order valence-electron chi connectivity index (χ1n) is 5.86. The number of benzene rings is 2. The van der Waals surface area contributed by atoms with Crippen LogP contribution in [0.3, 0.4) is 0 Å². The minimum absolute atomic E-state index is 0.450. The molecule has 0 saturated heterocycles. The second-order valence-electron chi connectivity index (χ2n) is 4.31. The van der Waals surface area contributed by atoms with Crippen molar-refractivity contribution in [3.8, 4) is 0 Å². The average molecular weight is 255 g/mol. The van der Waals surface area contributed by atoms with Gasteiger partial charge in [-0.15, -0.1) is 0 Å². The Labute approximate surface area is 109 Å². The first-order chi connectivity index (χ1) is 9.15. The van der Waals surface area contributed by atoms with Crippen molar-refractivity contribution >= 4 is 28.2 Å². The van der Waals surface area contributed by atoms with E-state index in [1.807, 2.05) is 48.3 Å². The second-order valence-corrected chi connectivity index (χ2v) is 4.31. The number of anilines is 3. The third-order valence-corrected chi connectivity index (χ3v) is 3.09. The van der Waals surface area contributed by atoms with Crippen LogP contribution in [-0.2, 0) is 0 Å². The van der Waals surface area contributed by atoms with Crippen LogP contribution >= 0.6 is 0 Å². The van der Waals surface area contributed by atoms with Crippen molar-refractivity contribution in [2.24, 2.45) is 0 Å². The highest BCUT2D eigenvalue weighted by Crippen LogP contribution is 2.29. The van der Waals surface area contributed by atoms with Gasteiger partial charge in [0.15, 0.2) is 5.58 Å². The van der Waals surface area contributed by atoms with Crippen LogP contribution in [-0.4, -0.2) is 12.0 Å². The van der Waals surface area contributed by atoms with Gasteiger partial charge >= 0.3 is 5.76 Å². The Bertz CT molecular complexity index is 788. The molecule has 0 atom stereocenters. The van der Waals surface area contributed by atoms with Gasteiger partial charge in [-0.3, -0.25) is 4.98 Å². The van der Waals surface area contributed by atoms with Gasteiger partial charge in [-0.05, 0) is 30.3 Å². The van der Waals surface area contributed by atoms with E-state index in [1.165, 1.54) is 0 Å². The van der Waals surface area contributed by atoms with Crippen molar-refractivity contribution in [2.45, 2.75) is 0 Å². The first-order valence-corrected chi connectivity index (χ1v) is 5.86. The Morgan fingerprint density at radius 2 is 2.00 bits per heavy atom. The summed E-state index contributed by atoms with van der Waals surface area (Å²) in [6, 6.07) is 13.1. The Kier molecular flexibility index (Phi) is 2.52. The normalized spacial score (nSPS) is 10.8. The lowest BCUT2D eigenvalue weighted by Crippen LogP contribution is -2.11. The third kappa shape index (κ3) is 1.95. The summed E-state index contributed by atoms with van der Waals surface area (Å²) in [5.74, 6) is -0.450. The maximum Gasteiger partial charge on any atom is 0.417 e. The number of aromatic nitrogens is 1. The van der Waals surface area contributed by atoms with Crippen LogP contribution in [0.4, 0.5) is 17.1 Å². The van der Waals surface area contributed by atoms with Crippen molar-refractivity contribution in [3.63, 3.8) is 0 Å². The molecular formula is C14H13N3O2. The van der Waals surface area contributed by atoms with E-state index in [9.17, 15) is 4.79 Å². The minimum atomic E-state index is -0.450. The summed E-state index contributed by atoms with van der Waals surface area (Å²) in [6.45, 7) is 0. The smallest absolute Gasteiger partial charge is 0.408 e. The zero-order valence-electron chi connectivity index (χ0n) is 10.4. The summed E-state index contributed by atoms with van der Waals surface area (Å²) in [5, 5.41) is 0. The highest BCUT2D eigenvalue weighted by atomic mass is 16.4. The van der Waals surface area contributed by atoms with Gasteiger partial charge in [-0.25, -0.2) is 4.79 Å². The van der Waals surface area contributed by atoms with Crippen molar-refractivity contribution in [2.75, 3.05) is 17.7 Å². The fourth-order valence-corrected chi connectivity index (χ4v) is 2.08. The maximum atomic E-state index is 11.1. The fourth-order valence-electron chi connectivity index (χ4n) is 2.08. The zero-order valence-corrected chi connectivity index (χ0v) is 10.4. The van der Waals surface area contributed by atoms with E-state index >= 15 is 0 Å². The van der Waals surface area contributed by atoms with Crippen molar-refractivity contribution in [3.05, 3.63) is 53.0 Å². The van der Waals surface area contributed by atoms with E-state index in [2.05, 4.69) is 4.98 Å². The molecule has 3 rings (SSSR count). The molecular weight excluding hydrogens is 242 g/mol. The molecule has 3 N–H and O–H groups in total. The number of rotatable bonds is 2. The van der Waals surface area contributed by atoms with Crippen LogP contribution in [0.15, 0.2) is 51.7 Å². The SMILES string of the molecule is CN(c1ccc2oc(=O)[nH]c2c1)c1ccccc1N. The molecule has 0 unspecified atom stereocenters. The molecule has 1 aromatic heterocycles. The molecule has 0 aliphatic rings. The molecule has 5 nitrogen and oxygen atoms in total. The number of para-hydroxylation sites is 2. The van der Waals surface area contributed by atoms with E-state index in [-0.39, 0.29) is 0 Å². The van der Waals surface area contributed by atoms with Crippen LogP contribution in [0.1, 0.15) is 0 Å². The summed E-state index contributed by atoms with van der Waals surface area (Å²) in [5.41, 5.74) is 9.70. The molecule has 0 aliphatic carbocycles. The number of hydrogen-bond acceptors (Lipinski definition) is 4. The molecule has 0 bridgehead atoms. The molecule has 3 aromatic rings. The molecule has 0 saturated carbocycles. The molecule has 0 spiro atoms. The predicted molar refractivity (Wildman–Crippen MR) is 75.8 cm³/mol. The molecule has 0 radical (unpaired) electrons.